The molecule has 2 unspecified atom stereocenters. The van der Waals surface area contributed by atoms with E-state index < -0.39 is 0 Å². The Balaban J connectivity index is 2.43. The van der Waals surface area contributed by atoms with Crippen molar-refractivity contribution in [2.75, 3.05) is 0 Å². The molecule has 0 aliphatic carbocycles. The van der Waals surface area contributed by atoms with Crippen LogP contribution in [-0.2, 0) is 0 Å². The van der Waals surface area contributed by atoms with Crippen molar-refractivity contribution in [2.45, 2.75) is 59.0 Å². The summed E-state index contributed by atoms with van der Waals surface area (Å²) >= 11 is 1.85. The van der Waals surface area contributed by atoms with Gasteiger partial charge in [-0.25, -0.2) is 0 Å². The lowest BCUT2D eigenvalue weighted by molar-refractivity contribution is 0.360. The highest BCUT2D eigenvalue weighted by molar-refractivity contribution is 7.10. The molecule has 0 fully saturated rings. The quantitative estimate of drug-likeness (QED) is 0.732. The molecule has 0 aliphatic heterocycles. The van der Waals surface area contributed by atoms with Gasteiger partial charge in [-0.2, -0.15) is 0 Å². The molecule has 1 heterocycles. The molecule has 0 saturated heterocycles. The number of nitrogens with one attached hydrogen (secondary N) is 1. The van der Waals surface area contributed by atoms with Crippen molar-refractivity contribution in [2.24, 2.45) is 5.92 Å². The maximum absolute atomic E-state index is 3.74. The summed E-state index contributed by atoms with van der Waals surface area (Å²) in [7, 11) is 0. The molecule has 92 valence electrons. The second-order valence-electron chi connectivity index (χ2n) is 4.76. The van der Waals surface area contributed by atoms with Crippen molar-refractivity contribution < 1.29 is 0 Å². The first-order valence-corrected chi connectivity index (χ1v) is 7.34. The molecule has 16 heavy (non-hydrogen) atoms. The maximum atomic E-state index is 3.74. The highest BCUT2D eigenvalue weighted by Gasteiger charge is 2.14. The van der Waals surface area contributed by atoms with Crippen LogP contribution in [0.15, 0.2) is 17.5 Å². The van der Waals surface area contributed by atoms with Gasteiger partial charge >= 0.3 is 0 Å². The van der Waals surface area contributed by atoms with E-state index in [1.807, 2.05) is 11.3 Å². The average Bonchev–Trinajstić information content (AvgIpc) is 2.81. The molecule has 0 saturated carbocycles. The van der Waals surface area contributed by atoms with Crippen LogP contribution in [0, 0.1) is 5.92 Å². The fraction of sp³-hybridized carbons (Fsp3) is 0.714. The molecule has 0 aromatic carbocycles. The molecular weight excluding hydrogens is 214 g/mol. The van der Waals surface area contributed by atoms with Crippen LogP contribution in [0.1, 0.15) is 57.9 Å². The summed E-state index contributed by atoms with van der Waals surface area (Å²) in [5, 5.41) is 5.90. The summed E-state index contributed by atoms with van der Waals surface area (Å²) < 4.78 is 0. The Labute approximate surface area is 104 Å². The highest BCUT2D eigenvalue weighted by atomic mass is 32.1. The van der Waals surface area contributed by atoms with Crippen LogP contribution in [0.25, 0.3) is 0 Å². The van der Waals surface area contributed by atoms with E-state index in [0.29, 0.717) is 12.1 Å². The van der Waals surface area contributed by atoms with Crippen LogP contribution in [0.2, 0.25) is 0 Å². The molecule has 0 aliphatic rings. The van der Waals surface area contributed by atoms with Gasteiger partial charge < -0.3 is 5.32 Å². The molecule has 0 bridgehead atoms. The molecule has 0 radical (unpaired) electrons. The number of hydrogen-bond acceptors (Lipinski definition) is 2. The standard InChI is InChI=1S/C14H25NS/c1-5-11(3)10-13(6-2)15-12(4)14-8-7-9-16-14/h7-9,11-13,15H,5-6,10H2,1-4H3/t11?,12-,13?/m0/s1. The van der Waals surface area contributed by atoms with Crippen molar-refractivity contribution in [1.82, 2.24) is 5.32 Å². The normalized spacial score (nSPS) is 17.0. The highest BCUT2D eigenvalue weighted by Crippen LogP contribution is 2.21. The Kier molecular flexibility index (Phi) is 6.07. The van der Waals surface area contributed by atoms with Crippen molar-refractivity contribution in [3.8, 4) is 0 Å². The first kappa shape index (κ1) is 13.7. The second kappa shape index (κ2) is 7.08. The third-order valence-corrected chi connectivity index (χ3v) is 4.39. The lowest BCUT2D eigenvalue weighted by atomic mass is 9.97. The van der Waals surface area contributed by atoms with Crippen LogP contribution in [0.5, 0.6) is 0 Å². The van der Waals surface area contributed by atoms with Crippen LogP contribution < -0.4 is 5.32 Å². The molecule has 1 rings (SSSR count). The topological polar surface area (TPSA) is 12.0 Å². The Bertz CT molecular complexity index is 268. The van der Waals surface area contributed by atoms with Crippen LogP contribution >= 0.6 is 11.3 Å². The minimum atomic E-state index is 0.494. The number of hydrogen-bond donors (Lipinski definition) is 1. The monoisotopic (exact) mass is 239 g/mol. The molecule has 1 nitrogen and oxygen atoms in total. The van der Waals surface area contributed by atoms with Crippen LogP contribution in [-0.4, -0.2) is 6.04 Å². The van der Waals surface area contributed by atoms with Crippen molar-refractivity contribution in [1.29, 1.82) is 0 Å². The van der Waals surface area contributed by atoms with Gasteiger partial charge in [0.1, 0.15) is 0 Å². The number of thiophene rings is 1. The zero-order valence-electron chi connectivity index (χ0n) is 11.0. The van der Waals surface area contributed by atoms with Gasteiger partial charge in [0.05, 0.1) is 0 Å². The Morgan fingerprint density at radius 1 is 1.25 bits per heavy atom. The molecule has 2 heteroatoms. The summed E-state index contributed by atoms with van der Waals surface area (Å²) in [6.07, 6.45) is 3.80. The van der Waals surface area contributed by atoms with E-state index >= 15 is 0 Å². The Morgan fingerprint density at radius 2 is 2.00 bits per heavy atom. The zero-order chi connectivity index (χ0) is 12.0. The summed E-state index contributed by atoms with van der Waals surface area (Å²) in [4.78, 5) is 1.45. The summed E-state index contributed by atoms with van der Waals surface area (Å²) in [5.41, 5.74) is 0. The molecule has 1 N–H and O–H groups in total. The minimum Gasteiger partial charge on any atom is -0.307 e. The largest absolute Gasteiger partial charge is 0.307 e. The summed E-state index contributed by atoms with van der Waals surface area (Å²) in [5.74, 6) is 0.827. The van der Waals surface area contributed by atoms with E-state index in [1.165, 1.54) is 24.1 Å². The van der Waals surface area contributed by atoms with Crippen LogP contribution in [0.4, 0.5) is 0 Å². The molecule has 3 atom stereocenters. The smallest absolute Gasteiger partial charge is 0.0388 e. The minimum absolute atomic E-state index is 0.494. The lowest BCUT2D eigenvalue weighted by Crippen LogP contribution is -2.32. The Hall–Kier alpha value is -0.340. The van der Waals surface area contributed by atoms with E-state index in [-0.39, 0.29) is 0 Å². The number of rotatable bonds is 7. The van der Waals surface area contributed by atoms with E-state index in [2.05, 4.69) is 50.5 Å². The van der Waals surface area contributed by atoms with Gasteiger partial charge in [-0.3, -0.25) is 0 Å². The average molecular weight is 239 g/mol. The van der Waals surface area contributed by atoms with Gasteiger partial charge in [-0.1, -0.05) is 33.3 Å². The predicted octanol–water partition coefficient (Wildman–Crippen LogP) is 4.61. The van der Waals surface area contributed by atoms with E-state index in [4.69, 9.17) is 0 Å². The Morgan fingerprint density at radius 3 is 2.50 bits per heavy atom. The molecule has 1 aromatic heterocycles. The van der Waals surface area contributed by atoms with Crippen molar-refractivity contribution >= 4 is 11.3 Å². The van der Waals surface area contributed by atoms with E-state index in [9.17, 15) is 0 Å². The fourth-order valence-electron chi connectivity index (χ4n) is 1.98. The van der Waals surface area contributed by atoms with E-state index in [1.54, 1.807) is 0 Å². The lowest BCUT2D eigenvalue weighted by Gasteiger charge is -2.24. The summed E-state index contributed by atoms with van der Waals surface area (Å²) in [6, 6.07) is 5.51. The SMILES string of the molecule is CCC(C)CC(CC)N[C@@H](C)c1cccs1. The van der Waals surface area contributed by atoms with Crippen molar-refractivity contribution in [3.63, 3.8) is 0 Å². The van der Waals surface area contributed by atoms with Gasteiger partial charge in [0.15, 0.2) is 0 Å². The molecular formula is C14H25NS. The third kappa shape index (κ3) is 4.26. The zero-order valence-corrected chi connectivity index (χ0v) is 11.8. The van der Waals surface area contributed by atoms with Gasteiger partial charge in [0.25, 0.3) is 0 Å². The van der Waals surface area contributed by atoms with Gasteiger partial charge in [0, 0.05) is 17.0 Å². The molecule has 0 amide bonds. The fourth-order valence-corrected chi connectivity index (χ4v) is 2.72. The first-order valence-electron chi connectivity index (χ1n) is 6.46. The van der Waals surface area contributed by atoms with Gasteiger partial charge in [-0.15, -0.1) is 11.3 Å². The van der Waals surface area contributed by atoms with E-state index in [0.717, 1.165) is 5.92 Å². The first-order chi connectivity index (χ1) is 7.67. The van der Waals surface area contributed by atoms with Gasteiger partial charge in [0.2, 0.25) is 0 Å². The molecule has 1 aromatic rings. The van der Waals surface area contributed by atoms with Crippen LogP contribution in [0.3, 0.4) is 0 Å². The molecule has 0 spiro atoms. The maximum Gasteiger partial charge on any atom is 0.0388 e. The summed E-state index contributed by atoms with van der Waals surface area (Å²) in [6.45, 7) is 9.17. The third-order valence-electron chi connectivity index (χ3n) is 3.33. The predicted molar refractivity (Wildman–Crippen MR) is 74.0 cm³/mol. The van der Waals surface area contributed by atoms with Gasteiger partial charge in [-0.05, 0) is 37.1 Å². The van der Waals surface area contributed by atoms with Crippen molar-refractivity contribution in [3.05, 3.63) is 22.4 Å². The second-order valence-corrected chi connectivity index (χ2v) is 5.74.